The summed E-state index contributed by atoms with van der Waals surface area (Å²) >= 11 is 0. The second-order valence-corrected chi connectivity index (χ2v) is 7.31. The van der Waals surface area contributed by atoms with Gasteiger partial charge in [-0.25, -0.2) is 12.8 Å². The molecule has 5 nitrogen and oxygen atoms in total. The van der Waals surface area contributed by atoms with Gasteiger partial charge in [-0.2, -0.15) is 4.31 Å². The average molecular weight is 330 g/mol. The average Bonchev–Trinajstić information content (AvgIpc) is 2.45. The molecule has 0 aliphatic rings. The van der Waals surface area contributed by atoms with Crippen LogP contribution in [0.1, 0.15) is 25.3 Å². The minimum absolute atomic E-state index is 0.0481. The highest BCUT2D eigenvalue weighted by molar-refractivity contribution is 7.88. The molecule has 0 aromatic heterocycles. The SMILES string of the molecule is CCCCN(C)C(=O)CN(Cc1ccc(F)cc1)S(C)(=O)=O. The van der Waals surface area contributed by atoms with Crippen molar-refractivity contribution in [2.75, 3.05) is 26.4 Å². The Labute approximate surface area is 131 Å². The highest BCUT2D eigenvalue weighted by Gasteiger charge is 2.22. The number of carbonyl (C=O) groups excluding carboxylic acids is 1. The summed E-state index contributed by atoms with van der Waals surface area (Å²) in [6, 6.07) is 5.56. The van der Waals surface area contributed by atoms with Crippen molar-refractivity contribution in [3.05, 3.63) is 35.6 Å². The van der Waals surface area contributed by atoms with Gasteiger partial charge in [-0.1, -0.05) is 25.5 Å². The van der Waals surface area contributed by atoms with Gasteiger partial charge in [-0.05, 0) is 24.1 Å². The molecule has 0 N–H and O–H groups in total. The third-order valence-corrected chi connectivity index (χ3v) is 4.52. The monoisotopic (exact) mass is 330 g/mol. The first-order valence-electron chi connectivity index (χ1n) is 7.17. The Bertz CT molecular complexity index is 587. The zero-order valence-electron chi connectivity index (χ0n) is 13.3. The maximum atomic E-state index is 12.9. The number of hydrogen-bond acceptors (Lipinski definition) is 3. The summed E-state index contributed by atoms with van der Waals surface area (Å²) in [5.74, 6) is -0.633. The van der Waals surface area contributed by atoms with Crippen molar-refractivity contribution >= 4 is 15.9 Å². The van der Waals surface area contributed by atoms with Crippen molar-refractivity contribution in [3.63, 3.8) is 0 Å². The number of unbranched alkanes of at least 4 members (excludes halogenated alkanes) is 1. The number of hydrogen-bond donors (Lipinski definition) is 0. The maximum absolute atomic E-state index is 12.9. The summed E-state index contributed by atoms with van der Waals surface area (Å²) in [7, 11) is -1.87. The van der Waals surface area contributed by atoms with Crippen LogP contribution in [0.15, 0.2) is 24.3 Å². The first-order valence-corrected chi connectivity index (χ1v) is 9.02. The lowest BCUT2D eigenvalue weighted by Gasteiger charge is -2.23. The molecule has 0 saturated carbocycles. The molecule has 1 aromatic rings. The lowest BCUT2D eigenvalue weighted by atomic mass is 10.2. The minimum Gasteiger partial charge on any atom is -0.345 e. The quantitative estimate of drug-likeness (QED) is 0.731. The van der Waals surface area contributed by atoms with Gasteiger partial charge >= 0.3 is 0 Å². The molecule has 7 heteroatoms. The summed E-state index contributed by atoms with van der Waals surface area (Å²) in [4.78, 5) is 13.6. The molecule has 0 unspecified atom stereocenters. The number of amides is 1. The number of sulfonamides is 1. The molecule has 0 saturated heterocycles. The van der Waals surface area contributed by atoms with Crippen LogP contribution in [0.5, 0.6) is 0 Å². The molecule has 0 atom stereocenters. The van der Waals surface area contributed by atoms with E-state index in [0.29, 0.717) is 12.1 Å². The summed E-state index contributed by atoms with van der Waals surface area (Å²) < 4.78 is 37.7. The second kappa shape index (κ2) is 8.24. The highest BCUT2D eigenvalue weighted by atomic mass is 32.2. The van der Waals surface area contributed by atoms with Crippen LogP contribution in [-0.2, 0) is 21.4 Å². The molecule has 0 spiro atoms. The molecular formula is C15H23FN2O3S. The largest absolute Gasteiger partial charge is 0.345 e. The Kier molecular flexibility index (Phi) is 6.96. The molecule has 1 rings (SSSR count). The Morgan fingerprint density at radius 3 is 2.32 bits per heavy atom. The molecule has 1 amide bonds. The fourth-order valence-corrected chi connectivity index (χ4v) is 2.60. The van der Waals surface area contributed by atoms with Crippen LogP contribution in [-0.4, -0.2) is 49.9 Å². The number of likely N-dealkylation sites (N-methyl/N-ethyl adjacent to an activating group) is 1. The Morgan fingerprint density at radius 2 is 1.82 bits per heavy atom. The van der Waals surface area contributed by atoms with Crippen molar-refractivity contribution in [1.82, 2.24) is 9.21 Å². The molecular weight excluding hydrogens is 307 g/mol. The van der Waals surface area contributed by atoms with E-state index in [1.807, 2.05) is 6.92 Å². The molecule has 0 heterocycles. The van der Waals surface area contributed by atoms with E-state index >= 15 is 0 Å². The standard InChI is InChI=1S/C15H23FN2O3S/c1-4-5-10-17(2)15(19)12-18(22(3,20)21)11-13-6-8-14(16)9-7-13/h6-9H,4-5,10-12H2,1-3H3. The van der Waals surface area contributed by atoms with E-state index in [1.165, 1.54) is 29.2 Å². The van der Waals surface area contributed by atoms with Crippen LogP contribution < -0.4 is 0 Å². The van der Waals surface area contributed by atoms with Crippen LogP contribution in [0.2, 0.25) is 0 Å². The van der Waals surface area contributed by atoms with Gasteiger partial charge in [0.15, 0.2) is 0 Å². The van der Waals surface area contributed by atoms with Gasteiger partial charge in [0.2, 0.25) is 15.9 Å². The molecule has 124 valence electrons. The van der Waals surface area contributed by atoms with Crippen molar-refractivity contribution < 1.29 is 17.6 Å². The van der Waals surface area contributed by atoms with Gasteiger partial charge in [0.05, 0.1) is 12.8 Å². The lowest BCUT2D eigenvalue weighted by Crippen LogP contribution is -2.41. The highest BCUT2D eigenvalue weighted by Crippen LogP contribution is 2.10. The fraction of sp³-hybridized carbons (Fsp3) is 0.533. The Morgan fingerprint density at radius 1 is 1.23 bits per heavy atom. The van der Waals surface area contributed by atoms with Crippen LogP contribution in [0.25, 0.3) is 0 Å². The summed E-state index contributed by atoms with van der Waals surface area (Å²) in [6.07, 6.45) is 2.90. The molecule has 0 fully saturated rings. The number of benzene rings is 1. The first-order chi connectivity index (χ1) is 10.2. The Hall–Kier alpha value is -1.47. The predicted molar refractivity (Wildman–Crippen MR) is 84.2 cm³/mol. The van der Waals surface area contributed by atoms with E-state index in [0.717, 1.165) is 23.4 Å². The Balaban J connectivity index is 2.77. The summed E-state index contributed by atoms with van der Waals surface area (Å²) in [5.41, 5.74) is 0.635. The van der Waals surface area contributed by atoms with E-state index in [4.69, 9.17) is 0 Å². The molecule has 0 aliphatic heterocycles. The molecule has 22 heavy (non-hydrogen) atoms. The zero-order chi connectivity index (χ0) is 16.8. The number of rotatable bonds is 8. The van der Waals surface area contributed by atoms with Crippen LogP contribution in [0.4, 0.5) is 4.39 Å². The smallest absolute Gasteiger partial charge is 0.237 e. The normalized spacial score (nSPS) is 11.7. The summed E-state index contributed by atoms with van der Waals surface area (Å²) in [6.45, 7) is 2.46. The summed E-state index contributed by atoms with van der Waals surface area (Å²) in [5, 5.41) is 0. The van der Waals surface area contributed by atoms with Gasteiger partial charge in [-0.15, -0.1) is 0 Å². The van der Waals surface area contributed by atoms with E-state index < -0.39 is 10.0 Å². The van der Waals surface area contributed by atoms with Crippen molar-refractivity contribution in [3.8, 4) is 0 Å². The van der Waals surface area contributed by atoms with Crippen LogP contribution in [0, 0.1) is 5.82 Å². The topological polar surface area (TPSA) is 57.7 Å². The van der Waals surface area contributed by atoms with Gasteiger partial charge in [-0.3, -0.25) is 4.79 Å². The fourth-order valence-electron chi connectivity index (χ4n) is 1.88. The third-order valence-electron chi connectivity index (χ3n) is 3.33. The van der Waals surface area contributed by atoms with Crippen molar-refractivity contribution in [2.45, 2.75) is 26.3 Å². The number of nitrogens with zero attached hydrogens (tertiary/aromatic N) is 2. The molecule has 0 bridgehead atoms. The third kappa shape index (κ3) is 6.11. The number of halogens is 1. The lowest BCUT2D eigenvalue weighted by molar-refractivity contribution is -0.130. The van der Waals surface area contributed by atoms with E-state index in [2.05, 4.69) is 0 Å². The van der Waals surface area contributed by atoms with Gasteiger partial charge in [0.1, 0.15) is 5.82 Å². The van der Waals surface area contributed by atoms with Gasteiger partial charge in [0.25, 0.3) is 0 Å². The first kappa shape index (κ1) is 18.6. The zero-order valence-corrected chi connectivity index (χ0v) is 14.1. The van der Waals surface area contributed by atoms with Crippen molar-refractivity contribution in [1.29, 1.82) is 0 Å². The van der Waals surface area contributed by atoms with E-state index in [1.54, 1.807) is 7.05 Å². The van der Waals surface area contributed by atoms with E-state index in [9.17, 15) is 17.6 Å². The molecule has 0 aliphatic carbocycles. The molecule has 0 radical (unpaired) electrons. The predicted octanol–water partition coefficient (Wildman–Crippen LogP) is 1.85. The van der Waals surface area contributed by atoms with Gasteiger partial charge in [0, 0.05) is 20.1 Å². The van der Waals surface area contributed by atoms with Crippen molar-refractivity contribution in [2.24, 2.45) is 0 Å². The number of carbonyl (C=O) groups is 1. The maximum Gasteiger partial charge on any atom is 0.237 e. The minimum atomic E-state index is -3.53. The van der Waals surface area contributed by atoms with Crippen LogP contribution in [0.3, 0.4) is 0 Å². The van der Waals surface area contributed by atoms with Gasteiger partial charge < -0.3 is 4.90 Å². The molecule has 1 aromatic carbocycles. The second-order valence-electron chi connectivity index (χ2n) is 5.33. The van der Waals surface area contributed by atoms with E-state index in [-0.39, 0.29) is 24.8 Å². The van der Waals surface area contributed by atoms with Crippen LogP contribution >= 0.6 is 0 Å².